The van der Waals surface area contributed by atoms with Gasteiger partial charge in [0.05, 0.1) is 28.3 Å². The first-order valence-electron chi connectivity index (χ1n) is 10.1. The Labute approximate surface area is 187 Å². The molecule has 9 heteroatoms. The molecule has 4 N–H and O–H groups in total. The van der Waals surface area contributed by atoms with Crippen LogP contribution in [-0.4, -0.2) is 34.2 Å². The Balaban J connectivity index is 1.86. The van der Waals surface area contributed by atoms with Crippen molar-refractivity contribution in [1.82, 2.24) is 14.8 Å². The summed E-state index contributed by atoms with van der Waals surface area (Å²) in [4.78, 5) is 23.5. The van der Waals surface area contributed by atoms with E-state index < -0.39 is 6.03 Å². The van der Waals surface area contributed by atoms with Crippen molar-refractivity contribution in [3.8, 4) is 11.4 Å². The minimum atomic E-state index is -0.544. The van der Waals surface area contributed by atoms with Gasteiger partial charge in [0.1, 0.15) is 12.4 Å². The molecule has 2 aromatic carbocycles. The summed E-state index contributed by atoms with van der Waals surface area (Å²) in [7, 11) is 1.43. The smallest absolute Gasteiger partial charge is 0.352 e. The second-order valence-electron chi connectivity index (χ2n) is 7.69. The van der Waals surface area contributed by atoms with Crippen LogP contribution in [0.25, 0.3) is 5.69 Å². The lowest BCUT2D eigenvalue weighted by Gasteiger charge is -2.24. The molecule has 0 radical (unpaired) electrons. The third-order valence-corrected chi connectivity index (χ3v) is 5.39. The normalized spacial score (nSPS) is 10.7. The lowest BCUT2D eigenvalue weighted by atomic mass is 10.1. The fourth-order valence-electron chi connectivity index (χ4n) is 3.53. The van der Waals surface area contributed by atoms with Crippen molar-refractivity contribution in [2.24, 2.45) is 11.7 Å². The van der Waals surface area contributed by atoms with Crippen LogP contribution in [0.15, 0.2) is 36.4 Å². The number of carbonyl (C=O) groups is 2. The summed E-state index contributed by atoms with van der Waals surface area (Å²) in [5.41, 5.74) is 6.04. The Morgan fingerprint density at radius 3 is 2.44 bits per heavy atom. The molecule has 1 aromatic heterocycles. The van der Waals surface area contributed by atoms with Crippen LogP contribution in [0, 0.1) is 27.7 Å². The number of urea groups is 1. The number of aldehydes is 1. The second-order valence-corrected chi connectivity index (χ2v) is 7.69. The van der Waals surface area contributed by atoms with Crippen molar-refractivity contribution in [1.29, 1.82) is 0 Å². The molecular weight excluding hydrogens is 408 g/mol. The van der Waals surface area contributed by atoms with Crippen LogP contribution in [0.1, 0.15) is 38.4 Å². The van der Waals surface area contributed by atoms with Gasteiger partial charge in [-0.2, -0.15) is 5.10 Å². The number of ether oxygens (including phenoxy) is 1. The largest absolute Gasteiger partial charge is 0.489 e. The Hall–Kier alpha value is -3.69. The number of amides is 2. The summed E-state index contributed by atoms with van der Waals surface area (Å²) in [6.07, 6.45) is 0.826. The van der Waals surface area contributed by atoms with Gasteiger partial charge in [0.2, 0.25) is 0 Å². The molecule has 0 atom stereocenters. The number of hydrogen-bond acceptors (Lipinski definition) is 6. The molecular formula is C23H28N6O3. The lowest BCUT2D eigenvalue weighted by Crippen LogP contribution is -2.49. The molecule has 32 heavy (non-hydrogen) atoms. The van der Waals surface area contributed by atoms with Gasteiger partial charge in [0, 0.05) is 12.6 Å². The monoisotopic (exact) mass is 436 g/mol. The van der Waals surface area contributed by atoms with Gasteiger partial charge < -0.3 is 4.74 Å². The summed E-state index contributed by atoms with van der Waals surface area (Å²) in [6, 6.07) is 10.6. The zero-order valence-electron chi connectivity index (χ0n) is 18.9. The van der Waals surface area contributed by atoms with E-state index in [9.17, 15) is 9.59 Å². The summed E-state index contributed by atoms with van der Waals surface area (Å²) in [5, 5.41) is 6.40. The fraction of sp³-hybridized carbons (Fsp3) is 0.261. The molecule has 0 aliphatic carbocycles. The van der Waals surface area contributed by atoms with Crippen molar-refractivity contribution in [3.63, 3.8) is 0 Å². The second kappa shape index (κ2) is 9.21. The van der Waals surface area contributed by atoms with Gasteiger partial charge in [-0.25, -0.2) is 26.2 Å². The molecule has 2 amide bonds. The highest BCUT2D eigenvalue weighted by Gasteiger charge is 2.19. The van der Waals surface area contributed by atoms with E-state index in [-0.39, 0.29) is 6.61 Å². The Morgan fingerprint density at radius 2 is 1.84 bits per heavy atom. The average Bonchev–Trinajstić information content (AvgIpc) is 3.05. The van der Waals surface area contributed by atoms with Crippen LogP contribution in [0.2, 0.25) is 0 Å². The molecule has 0 bridgehead atoms. The van der Waals surface area contributed by atoms with E-state index in [0.717, 1.165) is 44.4 Å². The van der Waals surface area contributed by atoms with E-state index in [1.54, 1.807) is 10.7 Å². The van der Waals surface area contributed by atoms with Gasteiger partial charge in [-0.3, -0.25) is 9.80 Å². The van der Waals surface area contributed by atoms with Crippen LogP contribution in [0.5, 0.6) is 5.75 Å². The molecule has 0 unspecified atom stereocenters. The quantitative estimate of drug-likeness (QED) is 0.265. The molecule has 0 saturated heterocycles. The number of hydrazine groups is 2. The SMILES string of the molecule is Cc1cc(-n2nc(C)c(C=O)c2C)ccc1OCc1c(C)cccc1N(N)C(=O)N(C)N. The van der Waals surface area contributed by atoms with E-state index in [2.05, 4.69) is 5.10 Å². The van der Waals surface area contributed by atoms with Gasteiger partial charge >= 0.3 is 6.03 Å². The molecule has 168 valence electrons. The molecule has 9 nitrogen and oxygen atoms in total. The highest BCUT2D eigenvalue weighted by Crippen LogP contribution is 2.27. The third kappa shape index (κ3) is 4.34. The average molecular weight is 437 g/mol. The zero-order chi connectivity index (χ0) is 23.6. The Morgan fingerprint density at radius 1 is 1.12 bits per heavy atom. The van der Waals surface area contributed by atoms with Crippen molar-refractivity contribution in [3.05, 3.63) is 70.0 Å². The summed E-state index contributed by atoms with van der Waals surface area (Å²) < 4.78 is 7.83. The highest BCUT2D eigenvalue weighted by molar-refractivity contribution is 5.91. The van der Waals surface area contributed by atoms with Gasteiger partial charge in [0.15, 0.2) is 6.29 Å². The van der Waals surface area contributed by atoms with Gasteiger partial charge in [0.25, 0.3) is 0 Å². The predicted octanol–water partition coefficient (Wildman–Crippen LogP) is 3.10. The maximum atomic E-state index is 12.2. The maximum Gasteiger partial charge on any atom is 0.352 e. The Bertz CT molecular complexity index is 1170. The summed E-state index contributed by atoms with van der Waals surface area (Å²) in [6.45, 7) is 7.75. The van der Waals surface area contributed by atoms with Crippen LogP contribution in [0.4, 0.5) is 10.5 Å². The highest BCUT2D eigenvalue weighted by atomic mass is 16.5. The predicted molar refractivity (Wildman–Crippen MR) is 123 cm³/mol. The van der Waals surface area contributed by atoms with Crippen molar-refractivity contribution >= 4 is 18.0 Å². The van der Waals surface area contributed by atoms with Crippen molar-refractivity contribution < 1.29 is 14.3 Å². The van der Waals surface area contributed by atoms with E-state index in [1.165, 1.54) is 7.05 Å². The molecule has 3 rings (SSSR count). The fourth-order valence-corrected chi connectivity index (χ4v) is 3.53. The minimum absolute atomic E-state index is 0.215. The minimum Gasteiger partial charge on any atom is -0.489 e. The number of rotatable bonds is 6. The Kier molecular flexibility index (Phi) is 6.61. The number of benzene rings is 2. The molecule has 0 spiro atoms. The standard InChI is InChI=1S/C23H28N6O3/c1-14-7-6-8-21(28(25)23(31)27(5)24)20(14)13-32-22-10-9-18(11-15(22)2)29-17(4)19(12-30)16(3)26-29/h6-12H,13,24-25H2,1-5H3. The lowest BCUT2D eigenvalue weighted by molar-refractivity contribution is 0.112. The summed E-state index contributed by atoms with van der Waals surface area (Å²) in [5.74, 6) is 12.2. The number of aryl methyl sites for hydroxylation is 3. The molecule has 0 aliphatic heterocycles. The number of anilines is 1. The summed E-state index contributed by atoms with van der Waals surface area (Å²) >= 11 is 0. The third-order valence-electron chi connectivity index (χ3n) is 5.39. The van der Waals surface area contributed by atoms with E-state index >= 15 is 0 Å². The number of nitrogens with two attached hydrogens (primary N) is 2. The first-order valence-corrected chi connectivity index (χ1v) is 10.1. The van der Waals surface area contributed by atoms with Gasteiger partial charge in [-0.05, 0) is 63.1 Å². The molecule has 0 aliphatic rings. The van der Waals surface area contributed by atoms with E-state index in [4.69, 9.17) is 16.4 Å². The first kappa shape index (κ1) is 23.0. The van der Waals surface area contributed by atoms with Crippen LogP contribution >= 0.6 is 0 Å². The molecule has 3 aromatic rings. The van der Waals surface area contributed by atoms with Crippen molar-refractivity contribution in [2.45, 2.75) is 34.3 Å². The number of hydrogen-bond donors (Lipinski definition) is 2. The zero-order valence-corrected chi connectivity index (χ0v) is 18.9. The molecule has 0 fully saturated rings. The first-order chi connectivity index (χ1) is 15.1. The maximum absolute atomic E-state index is 12.2. The van der Waals surface area contributed by atoms with Gasteiger partial charge in [-0.1, -0.05) is 12.1 Å². The molecule has 1 heterocycles. The van der Waals surface area contributed by atoms with E-state index in [0.29, 0.717) is 22.7 Å². The van der Waals surface area contributed by atoms with Crippen molar-refractivity contribution in [2.75, 3.05) is 12.1 Å². The number of aromatic nitrogens is 2. The van der Waals surface area contributed by atoms with Crippen LogP contribution in [-0.2, 0) is 6.61 Å². The number of nitrogens with zero attached hydrogens (tertiary/aromatic N) is 4. The van der Waals surface area contributed by atoms with E-state index in [1.807, 2.05) is 58.0 Å². The molecule has 0 saturated carbocycles. The van der Waals surface area contributed by atoms with Crippen LogP contribution < -0.4 is 21.4 Å². The van der Waals surface area contributed by atoms with Gasteiger partial charge in [-0.15, -0.1) is 0 Å². The topological polar surface area (TPSA) is 120 Å². The number of carbonyl (C=O) groups excluding carboxylic acids is 2. The van der Waals surface area contributed by atoms with Crippen LogP contribution in [0.3, 0.4) is 0 Å².